The average molecular weight is 290 g/mol. The van der Waals surface area contributed by atoms with Crippen molar-refractivity contribution < 1.29 is 49.0 Å². The number of aliphatic carboxylic acids is 1. The van der Waals surface area contributed by atoms with Crippen LogP contribution < -0.4 is 34.7 Å². The molecule has 4 nitrogen and oxygen atoms in total. The fraction of sp³-hybridized carbons (Fsp3) is 0.600. The van der Waals surface area contributed by atoms with Crippen LogP contribution in [-0.2, 0) is 14.3 Å². The van der Waals surface area contributed by atoms with E-state index in [9.17, 15) is 14.7 Å². The number of carboxylic acid groups (broad SMARTS) is 1. The van der Waals surface area contributed by atoms with Gasteiger partial charge in [0.05, 0.1) is 0 Å². The molecule has 0 bridgehead atoms. The summed E-state index contributed by atoms with van der Waals surface area (Å²) in [5, 5.41) is 10.7. The van der Waals surface area contributed by atoms with Crippen LogP contribution in [0.15, 0.2) is 24.5 Å². The van der Waals surface area contributed by atoms with Gasteiger partial charge in [-0.1, -0.05) is 52.0 Å². The number of ether oxygens (including phenoxy) is 1. The molecule has 0 rings (SSSR count). The molecule has 0 unspecified atom stereocenters. The van der Waals surface area contributed by atoms with E-state index in [-0.39, 0.29) is 29.6 Å². The normalized spacial score (nSPS) is 10.6. The molecule has 0 radical (unpaired) electrons. The monoisotopic (exact) mass is 290 g/mol. The predicted octanol–water partition coefficient (Wildman–Crippen LogP) is -0.506. The van der Waals surface area contributed by atoms with Gasteiger partial charge in [-0.05, 0) is 18.9 Å². The molecule has 0 aliphatic carbocycles. The van der Waals surface area contributed by atoms with Crippen LogP contribution in [0.4, 0.5) is 0 Å². The molecule has 0 amide bonds. The molecule has 0 heterocycles. The molecular weight excluding hydrogens is 267 g/mol. The van der Waals surface area contributed by atoms with E-state index in [0.29, 0.717) is 6.42 Å². The Kier molecular flexibility index (Phi) is 16.1. The van der Waals surface area contributed by atoms with Crippen LogP contribution in [0.3, 0.4) is 0 Å². The number of allylic oxidation sites excluding steroid dienone is 1. The Morgan fingerprint density at radius 1 is 1.10 bits per heavy atom. The van der Waals surface area contributed by atoms with Gasteiger partial charge in [0.2, 0.25) is 0 Å². The number of rotatable bonds is 11. The first-order valence-corrected chi connectivity index (χ1v) is 6.87. The molecule has 0 saturated carbocycles. The Morgan fingerprint density at radius 3 is 2.15 bits per heavy atom. The van der Waals surface area contributed by atoms with E-state index in [4.69, 9.17) is 0 Å². The van der Waals surface area contributed by atoms with Crippen molar-refractivity contribution in [3.8, 4) is 0 Å². The first-order valence-electron chi connectivity index (χ1n) is 6.87. The Labute approximate surface area is 143 Å². The van der Waals surface area contributed by atoms with Crippen molar-refractivity contribution in [2.45, 2.75) is 58.3 Å². The Hall–Kier alpha value is -0.580. The summed E-state index contributed by atoms with van der Waals surface area (Å²) >= 11 is 0. The van der Waals surface area contributed by atoms with E-state index < -0.39 is 17.7 Å². The third-order valence-electron chi connectivity index (χ3n) is 2.72. The maximum Gasteiger partial charge on any atom is 1.00 e. The van der Waals surface area contributed by atoms with Gasteiger partial charge in [0.15, 0.2) is 0 Å². The second-order valence-electron chi connectivity index (χ2n) is 4.39. The van der Waals surface area contributed by atoms with E-state index >= 15 is 0 Å². The first kappa shape index (κ1) is 21.7. The van der Waals surface area contributed by atoms with Crippen LogP contribution in [0.1, 0.15) is 58.3 Å². The first-order chi connectivity index (χ1) is 9.11. The van der Waals surface area contributed by atoms with Gasteiger partial charge in [-0.2, -0.15) is 0 Å². The zero-order valence-electron chi connectivity index (χ0n) is 12.7. The van der Waals surface area contributed by atoms with Gasteiger partial charge < -0.3 is 14.6 Å². The Morgan fingerprint density at radius 2 is 1.65 bits per heavy atom. The molecule has 0 aliphatic rings. The fourth-order valence-electron chi connectivity index (χ4n) is 1.65. The number of carboxylic acids is 1. The van der Waals surface area contributed by atoms with Crippen LogP contribution in [-0.4, -0.2) is 11.9 Å². The minimum atomic E-state index is -1.47. The molecule has 0 aromatic rings. The van der Waals surface area contributed by atoms with Crippen LogP contribution >= 0.6 is 0 Å². The van der Waals surface area contributed by atoms with Gasteiger partial charge in [-0.25, -0.2) is 4.79 Å². The van der Waals surface area contributed by atoms with Gasteiger partial charge >= 0.3 is 35.5 Å². The molecule has 20 heavy (non-hydrogen) atoms. The third-order valence-corrected chi connectivity index (χ3v) is 2.72. The second kappa shape index (κ2) is 14.8. The number of esters is 1. The molecule has 5 heteroatoms. The molecular formula is C15H23NaO4. The van der Waals surface area contributed by atoms with E-state index in [0.717, 1.165) is 25.3 Å². The summed E-state index contributed by atoms with van der Waals surface area (Å²) in [7, 11) is 0. The SMILES string of the molecule is C=CC(=O)OC(=CCCCCCCCCC)C(=O)[O-].[Na+]. The van der Waals surface area contributed by atoms with Crippen LogP contribution in [0.25, 0.3) is 0 Å². The zero-order chi connectivity index (χ0) is 14.5. The Bertz CT molecular complexity index is 324. The minimum absolute atomic E-state index is 0. The van der Waals surface area contributed by atoms with Gasteiger partial charge in [0.1, 0.15) is 11.7 Å². The molecule has 108 valence electrons. The Balaban J connectivity index is 0. The topological polar surface area (TPSA) is 66.4 Å². The average Bonchev–Trinajstić information content (AvgIpc) is 2.39. The van der Waals surface area contributed by atoms with Crippen molar-refractivity contribution in [2.75, 3.05) is 0 Å². The van der Waals surface area contributed by atoms with E-state index in [1.54, 1.807) is 0 Å². The molecule has 0 atom stereocenters. The maximum absolute atomic E-state index is 10.9. The summed E-state index contributed by atoms with van der Waals surface area (Å²) in [4.78, 5) is 21.6. The summed E-state index contributed by atoms with van der Waals surface area (Å²) in [6.07, 6.45) is 10.9. The summed E-state index contributed by atoms with van der Waals surface area (Å²) < 4.78 is 4.56. The second-order valence-corrected chi connectivity index (χ2v) is 4.39. The summed E-state index contributed by atoms with van der Waals surface area (Å²) in [6.45, 7) is 5.38. The van der Waals surface area contributed by atoms with E-state index in [2.05, 4.69) is 18.2 Å². The standard InChI is InChI=1S/C15H24O4.Na/c1-3-5-6-7-8-9-10-11-12-13(15(17)18)19-14(16)4-2;/h4,12H,2-3,5-11H2,1H3,(H,17,18);/q;+1/p-1. The predicted molar refractivity (Wildman–Crippen MR) is 72.0 cm³/mol. The van der Waals surface area contributed by atoms with Crippen LogP contribution in [0.2, 0.25) is 0 Å². The zero-order valence-corrected chi connectivity index (χ0v) is 14.7. The molecule has 0 aliphatic heterocycles. The quantitative estimate of drug-likeness (QED) is 0.169. The van der Waals surface area contributed by atoms with Gasteiger partial charge in [0.25, 0.3) is 0 Å². The van der Waals surface area contributed by atoms with Crippen molar-refractivity contribution >= 4 is 11.9 Å². The third kappa shape index (κ3) is 12.5. The molecule has 0 N–H and O–H groups in total. The number of carbonyl (C=O) groups excluding carboxylic acids is 2. The van der Waals surface area contributed by atoms with Crippen LogP contribution in [0.5, 0.6) is 0 Å². The molecule has 0 fully saturated rings. The largest absolute Gasteiger partial charge is 1.00 e. The van der Waals surface area contributed by atoms with E-state index in [1.165, 1.54) is 31.8 Å². The number of hydrogen-bond acceptors (Lipinski definition) is 4. The van der Waals surface area contributed by atoms with E-state index in [1.807, 2.05) is 0 Å². The number of unbranched alkanes of at least 4 members (excludes halogenated alkanes) is 7. The van der Waals surface area contributed by atoms with Crippen molar-refractivity contribution in [2.24, 2.45) is 0 Å². The van der Waals surface area contributed by atoms with Crippen molar-refractivity contribution in [1.29, 1.82) is 0 Å². The fourth-order valence-corrected chi connectivity index (χ4v) is 1.65. The molecule has 0 aromatic carbocycles. The molecule has 0 saturated heterocycles. The minimum Gasteiger partial charge on any atom is -0.542 e. The molecule has 0 aromatic heterocycles. The summed E-state index contributed by atoms with van der Waals surface area (Å²) in [5.41, 5.74) is 0. The summed E-state index contributed by atoms with van der Waals surface area (Å²) in [5.74, 6) is -2.68. The number of carbonyl (C=O) groups is 2. The maximum atomic E-state index is 10.9. The smallest absolute Gasteiger partial charge is 0.542 e. The molecule has 0 spiro atoms. The van der Waals surface area contributed by atoms with Crippen molar-refractivity contribution in [1.82, 2.24) is 0 Å². The van der Waals surface area contributed by atoms with Gasteiger partial charge in [0, 0.05) is 6.08 Å². The van der Waals surface area contributed by atoms with Gasteiger partial charge in [-0.15, -0.1) is 0 Å². The van der Waals surface area contributed by atoms with Gasteiger partial charge in [-0.3, -0.25) is 0 Å². The van der Waals surface area contributed by atoms with Crippen molar-refractivity contribution in [3.63, 3.8) is 0 Å². The number of hydrogen-bond donors (Lipinski definition) is 0. The van der Waals surface area contributed by atoms with Crippen molar-refractivity contribution in [3.05, 3.63) is 24.5 Å². The van der Waals surface area contributed by atoms with Crippen LogP contribution in [0, 0.1) is 0 Å². The summed E-state index contributed by atoms with van der Waals surface area (Å²) in [6, 6.07) is 0.